The van der Waals surface area contributed by atoms with Gasteiger partial charge in [-0.3, -0.25) is 0 Å². The van der Waals surface area contributed by atoms with E-state index < -0.39 is 0 Å². The van der Waals surface area contributed by atoms with Crippen LogP contribution in [0.25, 0.3) is 0 Å². The normalized spacial score (nSPS) is 14.5. The first-order valence-electron chi connectivity index (χ1n) is 5.38. The van der Waals surface area contributed by atoms with E-state index in [9.17, 15) is 0 Å². The van der Waals surface area contributed by atoms with E-state index in [0.717, 1.165) is 5.02 Å². The Morgan fingerprint density at radius 1 is 1.29 bits per heavy atom. The quantitative estimate of drug-likeness (QED) is 0.831. The molecule has 0 aliphatic rings. The molecule has 1 aromatic heterocycles. The maximum atomic E-state index is 6.08. The summed E-state index contributed by atoms with van der Waals surface area (Å²) in [4.78, 5) is 0. The summed E-state index contributed by atoms with van der Waals surface area (Å²) in [6, 6.07) is 12.2. The largest absolute Gasteiger partial charge is 0.327 e. The summed E-state index contributed by atoms with van der Waals surface area (Å²) in [5, 5.41) is 3.09. The Morgan fingerprint density at radius 3 is 2.71 bits per heavy atom. The fourth-order valence-electron chi connectivity index (χ4n) is 1.62. The average Bonchev–Trinajstić information content (AvgIpc) is 2.78. The van der Waals surface area contributed by atoms with Crippen LogP contribution in [0.5, 0.6) is 0 Å². The maximum absolute atomic E-state index is 6.08. The number of hydrogen-bond acceptors (Lipinski definition) is 3. The summed E-state index contributed by atoms with van der Waals surface area (Å²) < 4.78 is 1.28. The predicted molar refractivity (Wildman–Crippen MR) is 78.0 cm³/mol. The van der Waals surface area contributed by atoms with Gasteiger partial charge in [-0.05, 0) is 36.1 Å². The molecular formula is C13H14ClNS2. The van der Waals surface area contributed by atoms with Crippen LogP contribution < -0.4 is 5.73 Å². The Bertz CT molecular complexity index is 468. The second kappa shape index (κ2) is 5.91. The summed E-state index contributed by atoms with van der Waals surface area (Å²) in [7, 11) is 0. The lowest BCUT2D eigenvalue weighted by molar-refractivity contribution is 0.722. The van der Waals surface area contributed by atoms with E-state index in [1.807, 2.05) is 25.1 Å². The van der Waals surface area contributed by atoms with Crippen molar-refractivity contribution in [2.24, 2.45) is 5.73 Å². The highest BCUT2D eigenvalue weighted by molar-refractivity contribution is 8.01. The van der Waals surface area contributed by atoms with Crippen molar-refractivity contribution in [3.63, 3.8) is 0 Å². The molecule has 0 aliphatic heterocycles. The van der Waals surface area contributed by atoms with Gasteiger partial charge < -0.3 is 5.73 Å². The highest BCUT2D eigenvalue weighted by Gasteiger charge is 2.18. The van der Waals surface area contributed by atoms with Gasteiger partial charge in [-0.1, -0.05) is 29.8 Å². The molecule has 0 fully saturated rings. The van der Waals surface area contributed by atoms with Crippen LogP contribution in [0.1, 0.15) is 17.7 Å². The zero-order valence-corrected chi connectivity index (χ0v) is 11.9. The second-order valence-electron chi connectivity index (χ2n) is 3.88. The smallest absolute Gasteiger partial charge is 0.0605 e. The Balaban J connectivity index is 2.23. The summed E-state index contributed by atoms with van der Waals surface area (Å²) >= 11 is 9.57. The Morgan fingerprint density at radius 2 is 2.12 bits per heavy atom. The first kappa shape index (κ1) is 13.0. The molecule has 2 atom stereocenters. The van der Waals surface area contributed by atoms with Crippen molar-refractivity contribution in [3.8, 4) is 0 Å². The van der Waals surface area contributed by atoms with Gasteiger partial charge in [-0.15, -0.1) is 23.1 Å². The Kier molecular flexibility index (Phi) is 4.51. The van der Waals surface area contributed by atoms with Gasteiger partial charge in [0.2, 0.25) is 0 Å². The monoisotopic (exact) mass is 283 g/mol. The fraction of sp³-hybridized carbons (Fsp3) is 0.231. The van der Waals surface area contributed by atoms with Crippen LogP contribution in [0.4, 0.5) is 0 Å². The fourth-order valence-corrected chi connectivity index (χ4v) is 3.87. The van der Waals surface area contributed by atoms with E-state index in [1.165, 1.54) is 9.77 Å². The number of benzene rings is 1. The SMILES string of the molecule is CC(N)C(Sc1cccs1)c1cccc(Cl)c1. The lowest BCUT2D eigenvalue weighted by Crippen LogP contribution is -2.22. The van der Waals surface area contributed by atoms with E-state index in [-0.39, 0.29) is 11.3 Å². The third-order valence-electron chi connectivity index (χ3n) is 2.39. The summed E-state index contributed by atoms with van der Waals surface area (Å²) in [6.45, 7) is 2.03. The van der Waals surface area contributed by atoms with Gasteiger partial charge in [0.15, 0.2) is 0 Å². The van der Waals surface area contributed by atoms with E-state index in [2.05, 4.69) is 23.6 Å². The molecule has 1 heterocycles. The molecule has 0 saturated heterocycles. The van der Waals surface area contributed by atoms with Gasteiger partial charge in [-0.2, -0.15) is 0 Å². The zero-order chi connectivity index (χ0) is 12.3. The molecule has 2 N–H and O–H groups in total. The lowest BCUT2D eigenvalue weighted by atomic mass is 10.1. The van der Waals surface area contributed by atoms with Crippen LogP contribution in [0.2, 0.25) is 5.02 Å². The van der Waals surface area contributed by atoms with Gasteiger partial charge in [0.1, 0.15) is 0 Å². The molecule has 0 radical (unpaired) electrons. The van der Waals surface area contributed by atoms with Crippen molar-refractivity contribution in [1.82, 2.24) is 0 Å². The highest BCUT2D eigenvalue weighted by Crippen LogP contribution is 2.39. The van der Waals surface area contributed by atoms with Crippen LogP contribution >= 0.6 is 34.7 Å². The molecule has 2 aromatic rings. The minimum Gasteiger partial charge on any atom is -0.327 e. The van der Waals surface area contributed by atoms with Gasteiger partial charge in [-0.25, -0.2) is 0 Å². The molecule has 90 valence electrons. The maximum Gasteiger partial charge on any atom is 0.0605 e. The molecule has 0 spiro atoms. The third-order valence-corrected chi connectivity index (χ3v) is 5.19. The van der Waals surface area contributed by atoms with Crippen molar-refractivity contribution in [2.45, 2.75) is 22.4 Å². The Hall–Kier alpha value is -0.480. The first-order valence-corrected chi connectivity index (χ1v) is 7.52. The summed E-state index contributed by atoms with van der Waals surface area (Å²) in [5.74, 6) is 0. The van der Waals surface area contributed by atoms with Crippen molar-refractivity contribution < 1.29 is 0 Å². The van der Waals surface area contributed by atoms with Gasteiger partial charge in [0.05, 0.1) is 9.46 Å². The van der Waals surface area contributed by atoms with Crippen molar-refractivity contribution in [1.29, 1.82) is 0 Å². The van der Waals surface area contributed by atoms with Crippen LogP contribution in [-0.2, 0) is 0 Å². The molecule has 17 heavy (non-hydrogen) atoms. The summed E-state index contributed by atoms with van der Waals surface area (Å²) in [6.07, 6.45) is 0. The lowest BCUT2D eigenvalue weighted by Gasteiger charge is -2.20. The van der Waals surface area contributed by atoms with E-state index in [4.69, 9.17) is 17.3 Å². The molecule has 2 unspecified atom stereocenters. The topological polar surface area (TPSA) is 26.0 Å². The van der Waals surface area contributed by atoms with Crippen molar-refractivity contribution in [3.05, 3.63) is 52.4 Å². The molecule has 1 nitrogen and oxygen atoms in total. The van der Waals surface area contributed by atoms with E-state index >= 15 is 0 Å². The first-order chi connectivity index (χ1) is 8.16. The molecule has 0 amide bonds. The summed E-state index contributed by atoms with van der Waals surface area (Å²) in [5.41, 5.74) is 7.26. The molecular weight excluding hydrogens is 270 g/mol. The van der Waals surface area contributed by atoms with Crippen LogP contribution in [0.3, 0.4) is 0 Å². The number of hydrogen-bond donors (Lipinski definition) is 1. The predicted octanol–water partition coefficient (Wildman–Crippen LogP) is 4.58. The molecule has 4 heteroatoms. The highest BCUT2D eigenvalue weighted by atomic mass is 35.5. The van der Waals surface area contributed by atoms with Crippen LogP contribution in [-0.4, -0.2) is 6.04 Å². The van der Waals surface area contributed by atoms with Crippen molar-refractivity contribution in [2.75, 3.05) is 0 Å². The number of thiophene rings is 1. The third kappa shape index (κ3) is 3.49. The van der Waals surface area contributed by atoms with Crippen LogP contribution in [0, 0.1) is 0 Å². The number of halogens is 1. The number of rotatable bonds is 4. The second-order valence-corrected chi connectivity index (χ2v) is 6.71. The van der Waals surface area contributed by atoms with Gasteiger partial charge in [0, 0.05) is 11.1 Å². The van der Waals surface area contributed by atoms with E-state index in [1.54, 1.807) is 23.1 Å². The molecule has 0 aliphatic carbocycles. The van der Waals surface area contributed by atoms with Crippen LogP contribution in [0.15, 0.2) is 46.0 Å². The van der Waals surface area contributed by atoms with Crippen molar-refractivity contribution >= 4 is 34.7 Å². The Labute approximate surface area is 115 Å². The molecule has 0 saturated carbocycles. The number of thioether (sulfide) groups is 1. The number of nitrogens with two attached hydrogens (primary N) is 1. The molecule has 0 bridgehead atoms. The van der Waals surface area contributed by atoms with E-state index in [0.29, 0.717) is 0 Å². The van der Waals surface area contributed by atoms with Gasteiger partial charge >= 0.3 is 0 Å². The molecule has 1 aromatic carbocycles. The standard InChI is InChI=1S/C13H14ClNS2/c1-9(15)13(17-12-6-3-7-16-12)10-4-2-5-11(14)8-10/h2-9,13H,15H2,1H3. The van der Waals surface area contributed by atoms with Gasteiger partial charge in [0.25, 0.3) is 0 Å². The minimum atomic E-state index is 0.0839. The minimum absolute atomic E-state index is 0.0839. The average molecular weight is 284 g/mol. The molecule has 2 rings (SSSR count). The zero-order valence-electron chi connectivity index (χ0n) is 9.47.